The Bertz CT molecular complexity index is 387. The molecule has 1 aromatic rings. The molecule has 0 amide bonds. The van der Waals surface area contributed by atoms with E-state index in [2.05, 4.69) is 27.5 Å². The highest BCUT2D eigenvalue weighted by Crippen LogP contribution is 2.36. The summed E-state index contributed by atoms with van der Waals surface area (Å²) in [7, 11) is 0. The third-order valence-electron chi connectivity index (χ3n) is 2.56. The van der Waals surface area contributed by atoms with E-state index in [-0.39, 0.29) is 0 Å². The van der Waals surface area contributed by atoms with Crippen LogP contribution in [0.4, 0.5) is 0 Å². The van der Waals surface area contributed by atoms with E-state index in [0.29, 0.717) is 6.79 Å². The Morgan fingerprint density at radius 1 is 1.35 bits per heavy atom. The summed E-state index contributed by atoms with van der Waals surface area (Å²) in [5, 5.41) is 3.43. The van der Waals surface area contributed by atoms with Crippen LogP contribution in [0.1, 0.15) is 12.0 Å². The molecule has 0 fully saturated rings. The number of hydrogen-bond acceptors (Lipinski definition) is 4. The van der Waals surface area contributed by atoms with Crippen LogP contribution >= 0.6 is 27.7 Å². The lowest BCUT2D eigenvalue weighted by Crippen LogP contribution is -2.15. The number of ether oxygens (including phenoxy) is 2. The van der Waals surface area contributed by atoms with Crippen LogP contribution < -0.4 is 14.8 Å². The first-order chi connectivity index (χ1) is 8.31. The van der Waals surface area contributed by atoms with Crippen LogP contribution in [-0.2, 0) is 6.54 Å². The number of rotatable bonds is 6. The van der Waals surface area contributed by atoms with Crippen LogP contribution in [0.2, 0.25) is 0 Å². The lowest BCUT2D eigenvalue weighted by atomic mass is 10.2. The van der Waals surface area contributed by atoms with Crippen molar-refractivity contribution in [2.75, 3.05) is 25.3 Å². The fourth-order valence-corrected chi connectivity index (χ4v) is 2.55. The fourth-order valence-electron chi connectivity index (χ4n) is 1.66. The maximum absolute atomic E-state index is 5.36. The van der Waals surface area contributed by atoms with Gasteiger partial charge in [0.1, 0.15) is 0 Å². The number of thioether (sulfide) groups is 1. The quantitative estimate of drug-likeness (QED) is 0.817. The number of nitrogens with one attached hydrogen (secondary N) is 1. The van der Waals surface area contributed by atoms with Gasteiger partial charge in [0.25, 0.3) is 0 Å². The zero-order valence-electron chi connectivity index (χ0n) is 9.79. The van der Waals surface area contributed by atoms with E-state index in [1.54, 1.807) is 0 Å². The molecular weight excluding hydrogens is 302 g/mol. The second-order valence-electron chi connectivity index (χ2n) is 3.82. The van der Waals surface area contributed by atoms with Crippen molar-refractivity contribution in [2.24, 2.45) is 0 Å². The maximum Gasteiger partial charge on any atom is 0.231 e. The van der Waals surface area contributed by atoms with Crippen LogP contribution in [0.25, 0.3) is 0 Å². The first kappa shape index (κ1) is 13.1. The van der Waals surface area contributed by atoms with Crippen LogP contribution in [0.15, 0.2) is 16.6 Å². The maximum atomic E-state index is 5.36. The summed E-state index contributed by atoms with van der Waals surface area (Å²) in [5.41, 5.74) is 1.21. The second-order valence-corrected chi connectivity index (χ2v) is 5.66. The molecule has 0 bridgehead atoms. The van der Waals surface area contributed by atoms with Gasteiger partial charge in [-0.05, 0) is 42.7 Å². The smallest absolute Gasteiger partial charge is 0.231 e. The molecule has 5 heteroatoms. The molecule has 0 spiro atoms. The molecule has 0 atom stereocenters. The van der Waals surface area contributed by atoms with Crippen molar-refractivity contribution in [2.45, 2.75) is 13.0 Å². The molecule has 1 aromatic carbocycles. The standard InChI is InChI=1S/C12H16BrNO2S/c1-17-4-2-3-14-7-9-5-11-12(6-10(9)13)16-8-15-11/h5-6,14H,2-4,7-8H2,1H3. The van der Waals surface area contributed by atoms with E-state index < -0.39 is 0 Å². The highest BCUT2D eigenvalue weighted by Gasteiger charge is 2.15. The molecule has 0 unspecified atom stereocenters. The van der Waals surface area contributed by atoms with Crippen molar-refractivity contribution in [3.8, 4) is 11.5 Å². The predicted octanol–water partition coefficient (Wildman–Crippen LogP) is 3.02. The van der Waals surface area contributed by atoms with Gasteiger partial charge in [0.05, 0.1) is 0 Å². The minimum absolute atomic E-state index is 0.326. The van der Waals surface area contributed by atoms with Gasteiger partial charge in [-0.2, -0.15) is 11.8 Å². The molecule has 0 aliphatic carbocycles. The van der Waals surface area contributed by atoms with Gasteiger partial charge < -0.3 is 14.8 Å². The Hall–Kier alpha value is -0.390. The monoisotopic (exact) mass is 317 g/mol. The van der Waals surface area contributed by atoms with Crippen molar-refractivity contribution in [3.63, 3.8) is 0 Å². The summed E-state index contributed by atoms with van der Waals surface area (Å²) in [6, 6.07) is 4.01. The Labute approximate surface area is 114 Å². The Balaban J connectivity index is 1.88. The highest BCUT2D eigenvalue weighted by atomic mass is 79.9. The van der Waals surface area contributed by atoms with Crippen LogP contribution in [-0.4, -0.2) is 25.3 Å². The Kier molecular flexibility index (Phi) is 5.00. The summed E-state index contributed by atoms with van der Waals surface area (Å²) in [6.45, 7) is 2.22. The molecule has 2 rings (SSSR count). The number of hydrogen-bond donors (Lipinski definition) is 1. The summed E-state index contributed by atoms with van der Waals surface area (Å²) in [6.07, 6.45) is 3.33. The van der Waals surface area contributed by atoms with Gasteiger partial charge in [-0.1, -0.05) is 15.9 Å². The van der Waals surface area contributed by atoms with Gasteiger partial charge in [-0.3, -0.25) is 0 Å². The third kappa shape index (κ3) is 3.53. The molecule has 94 valence electrons. The fraction of sp³-hybridized carbons (Fsp3) is 0.500. The molecule has 0 aromatic heterocycles. The van der Waals surface area contributed by atoms with Crippen molar-refractivity contribution >= 4 is 27.7 Å². The van der Waals surface area contributed by atoms with Gasteiger partial charge in [0, 0.05) is 11.0 Å². The number of halogens is 1. The van der Waals surface area contributed by atoms with Crippen molar-refractivity contribution in [1.82, 2.24) is 5.32 Å². The summed E-state index contributed by atoms with van der Waals surface area (Å²) >= 11 is 5.43. The van der Waals surface area contributed by atoms with E-state index in [0.717, 1.165) is 29.1 Å². The molecule has 1 heterocycles. The molecule has 1 aliphatic heterocycles. The lowest BCUT2D eigenvalue weighted by Gasteiger charge is -2.08. The highest BCUT2D eigenvalue weighted by molar-refractivity contribution is 9.10. The van der Waals surface area contributed by atoms with E-state index >= 15 is 0 Å². The molecule has 1 N–H and O–H groups in total. The van der Waals surface area contributed by atoms with Gasteiger partial charge in [-0.25, -0.2) is 0 Å². The predicted molar refractivity (Wildman–Crippen MR) is 75.0 cm³/mol. The minimum Gasteiger partial charge on any atom is -0.454 e. The molecular formula is C12H16BrNO2S. The molecule has 0 saturated heterocycles. The normalized spacial score (nSPS) is 13.1. The van der Waals surface area contributed by atoms with Crippen molar-refractivity contribution in [1.29, 1.82) is 0 Å². The minimum atomic E-state index is 0.326. The number of fused-ring (bicyclic) bond motifs is 1. The van der Waals surface area contributed by atoms with Gasteiger partial charge >= 0.3 is 0 Å². The van der Waals surface area contributed by atoms with Crippen molar-refractivity contribution in [3.05, 3.63) is 22.2 Å². The van der Waals surface area contributed by atoms with Gasteiger partial charge in [0.2, 0.25) is 6.79 Å². The molecule has 3 nitrogen and oxygen atoms in total. The molecule has 0 radical (unpaired) electrons. The zero-order chi connectivity index (χ0) is 12.1. The average molecular weight is 318 g/mol. The van der Waals surface area contributed by atoms with Gasteiger partial charge in [0.15, 0.2) is 11.5 Å². The van der Waals surface area contributed by atoms with Crippen LogP contribution in [0.5, 0.6) is 11.5 Å². The molecule has 1 aliphatic rings. The van der Waals surface area contributed by atoms with E-state index in [1.165, 1.54) is 17.7 Å². The lowest BCUT2D eigenvalue weighted by molar-refractivity contribution is 0.174. The summed E-state index contributed by atoms with van der Waals surface area (Å²) in [5.74, 6) is 2.87. The molecule has 0 saturated carbocycles. The van der Waals surface area contributed by atoms with E-state index in [1.807, 2.05) is 23.9 Å². The van der Waals surface area contributed by atoms with Crippen molar-refractivity contribution < 1.29 is 9.47 Å². The third-order valence-corrected chi connectivity index (χ3v) is 3.99. The van der Waals surface area contributed by atoms with E-state index in [9.17, 15) is 0 Å². The van der Waals surface area contributed by atoms with Crippen LogP contribution in [0.3, 0.4) is 0 Å². The van der Waals surface area contributed by atoms with Crippen LogP contribution in [0, 0.1) is 0 Å². The first-order valence-corrected chi connectivity index (χ1v) is 7.77. The topological polar surface area (TPSA) is 30.5 Å². The summed E-state index contributed by atoms with van der Waals surface area (Å²) < 4.78 is 11.7. The Morgan fingerprint density at radius 3 is 2.88 bits per heavy atom. The van der Waals surface area contributed by atoms with E-state index in [4.69, 9.17) is 9.47 Å². The first-order valence-electron chi connectivity index (χ1n) is 5.59. The summed E-state index contributed by atoms with van der Waals surface area (Å²) in [4.78, 5) is 0. The largest absolute Gasteiger partial charge is 0.454 e. The molecule has 17 heavy (non-hydrogen) atoms. The average Bonchev–Trinajstić information content (AvgIpc) is 2.76. The Morgan fingerprint density at radius 2 is 2.12 bits per heavy atom. The van der Waals surface area contributed by atoms with Gasteiger partial charge in [-0.15, -0.1) is 0 Å². The SMILES string of the molecule is CSCCCNCc1cc2c(cc1Br)OCO2. The number of benzene rings is 1. The second kappa shape index (κ2) is 6.52. The zero-order valence-corrected chi connectivity index (χ0v) is 12.2.